The fourth-order valence-corrected chi connectivity index (χ4v) is 1.63. The molecule has 2 N–H and O–H groups in total. The van der Waals surface area contributed by atoms with Gasteiger partial charge in [0.2, 0.25) is 5.91 Å². The highest BCUT2D eigenvalue weighted by atomic mass is 19.1. The summed E-state index contributed by atoms with van der Waals surface area (Å²) in [6.07, 6.45) is 0.578. The van der Waals surface area contributed by atoms with E-state index in [4.69, 9.17) is 0 Å². The molecule has 3 nitrogen and oxygen atoms in total. The lowest BCUT2D eigenvalue weighted by Crippen LogP contribution is -2.44. The number of halogens is 1. The molecule has 86 valence electrons. The van der Waals surface area contributed by atoms with Crippen molar-refractivity contribution >= 4 is 5.91 Å². The number of hydrogen-bond donors (Lipinski definition) is 2. The van der Waals surface area contributed by atoms with Crippen molar-refractivity contribution in [1.29, 1.82) is 0 Å². The smallest absolute Gasteiger partial charge is 0.220 e. The van der Waals surface area contributed by atoms with Gasteiger partial charge >= 0.3 is 0 Å². The molecule has 0 spiro atoms. The van der Waals surface area contributed by atoms with E-state index in [1.807, 2.05) is 0 Å². The molecule has 1 saturated heterocycles. The van der Waals surface area contributed by atoms with Gasteiger partial charge in [-0.25, -0.2) is 4.39 Å². The minimum atomic E-state index is -0.254. The van der Waals surface area contributed by atoms with Gasteiger partial charge in [0, 0.05) is 13.0 Å². The van der Waals surface area contributed by atoms with Crippen LogP contribution in [0.5, 0.6) is 0 Å². The second-order valence-corrected chi connectivity index (χ2v) is 4.13. The molecule has 0 radical (unpaired) electrons. The van der Waals surface area contributed by atoms with E-state index in [1.54, 1.807) is 12.1 Å². The molecular weight excluding hydrogens is 207 g/mol. The average molecular weight is 222 g/mol. The minimum Gasteiger partial charge on any atom is -0.352 e. The van der Waals surface area contributed by atoms with E-state index < -0.39 is 0 Å². The molecule has 4 heteroatoms. The van der Waals surface area contributed by atoms with Gasteiger partial charge in [-0.15, -0.1) is 0 Å². The third-order valence-electron chi connectivity index (χ3n) is 2.74. The number of nitrogens with one attached hydrogen (secondary N) is 2. The Labute approximate surface area is 94.0 Å². The predicted molar refractivity (Wildman–Crippen MR) is 59.2 cm³/mol. The first-order valence-corrected chi connectivity index (χ1v) is 5.46. The largest absolute Gasteiger partial charge is 0.352 e. The molecule has 16 heavy (non-hydrogen) atoms. The Bertz CT molecular complexity index is 360. The van der Waals surface area contributed by atoms with Gasteiger partial charge in [-0.2, -0.15) is 0 Å². The number of rotatable bonds is 4. The zero-order valence-electron chi connectivity index (χ0n) is 9.00. The van der Waals surface area contributed by atoms with Gasteiger partial charge in [0.1, 0.15) is 5.82 Å². The lowest BCUT2D eigenvalue weighted by Gasteiger charge is -2.26. The van der Waals surface area contributed by atoms with Crippen LogP contribution in [-0.4, -0.2) is 19.0 Å². The van der Waals surface area contributed by atoms with Gasteiger partial charge < -0.3 is 10.6 Å². The van der Waals surface area contributed by atoms with Crippen molar-refractivity contribution in [2.24, 2.45) is 5.92 Å². The van der Waals surface area contributed by atoms with Crippen LogP contribution in [0, 0.1) is 11.7 Å². The van der Waals surface area contributed by atoms with E-state index in [-0.39, 0.29) is 11.7 Å². The van der Waals surface area contributed by atoms with Crippen molar-refractivity contribution in [2.45, 2.75) is 13.0 Å². The average Bonchev–Trinajstić information content (AvgIpc) is 2.23. The van der Waals surface area contributed by atoms with Crippen LogP contribution in [0.4, 0.5) is 4.39 Å². The van der Waals surface area contributed by atoms with Crippen LogP contribution in [0.2, 0.25) is 0 Å². The Morgan fingerprint density at radius 3 is 2.62 bits per heavy atom. The van der Waals surface area contributed by atoms with Gasteiger partial charge in [-0.05, 0) is 36.7 Å². The maximum absolute atomic E-state index is 12.6. The van der Waals surface area contributed by atoms with Gasteiger partial charge in [-0.1, -0.05) is 12.1 Å². The second-order valence-electron chi connectivity index (χ2n) is 4.13. The lowest BCUT2D eigenvalue weighted by atomic mass is 9.99. The molecular formula is C12H15FN2O. The molecule has 1 aromatic rings. The zero-order chi connectivity index (χ0) is 11.4. The summed E-state index contributed by atoms with van der Waals surface area (Å²) in [5, 5.41) is 5.95. The highest BCUT2D eigenvalue weighted by molar-refractivity contribution is 5.76. The summed E-state index contributed by atoms with van der Waals surface area (Å²) in [6, 6.07) is 6.16. The number of carbonyl (C=O) groups excluding carboxylic acids is 1. The first-order chi connectivity index (χ1) is 7.74. The molecule has 1 amide bonds. The van der Waals surface area contributed by atoms with E-state index in [9.17, 15) is 9.18 Å². The molecule has 1 aliphatic rings. The van der Waals surface area contributed by atoms with Gasteiger partial charge in [0.05, 0.1) is 0 Å². The van der Waals surface area contributed by atoms with Crippen molar-refractivity contribution in [2.75, 3.05) is 13.1 Å². The van der Waals surface area contributed by atoms with Crippen LogP contribution < -0.4 is 10.6 Å². The van der Waals surface area contributed by atoms with E-state index in [2.05, 4.69) is 10.6 Å². The molecule has 1 aromatic carbocycles. The van der Waals surface area contributed by atoms with Gasteiger partial charge in [-0.3, -0.25) is 4.79 Å². The van der Waals surface area contributed by atoms with E-state index >= 15 is 0 Å². The normalized spacial score (nSPS) is 15.6. The Hall–Kier alpha value is -1.42. The van der Waals surface area contributed by atoms with Crippen molar-refractivity contribution < 1.29 is 9.18 Å². The van der Waals surface area contributed by atoms with Crippen molar-refractivity contribution in [1.82, 2.24) is 10.6 Å². The molecule has 0 aliphatic carbocycles. The molecule has 1 fully saturated rings. The Kier molecular flexibility index (Phi) is 3.51. The molecule has 0 bridgehead atoms. The summed E-state index contributed by atoms with van der Waals surface area (Å²) >= 11 is 0. The van der Waals surface area contributed by atoms with Crippen LogP contribution in [0.25, 0.3) is 0 Å². The topological polar surface area (TPSA) is 41.1 Å². The Balaban J connectivity index is 1.73. The van der Waals surface area contributed by atoms with Crippen LogP contribution >= 0.6 is 0 Å². The molecule has 2 rings (SSSR count). The summed E-state index contributed by atoms with van der Waals surface area (Å²) in [7, 11) is 0. The summed E-state index contributed by atoms with van der Waals surface area (Å²) in [5.74, 6) is 0.291. The summed E-state index contributed by atoms with van der Waals surface area (Å²) in [6.45, 7) is 2.34. The maximum atomic E-state index is 12.6. The quantitative estimate of drug-likeness (QED) is 0.799. The number of carbonyl (C=O) groups is 1. The van der Waals surface area contributed by atoms with Crippen LogP contribution in [0.15, 0.2) is 24.3 Å². The molecule has 1 heterocycles. The fraction of sp³-hybridized carbons (Fsp3) is 0.417. The van der Waals surface area contributed by atoms with Crippen LogP contribution in [0.1, 0.15) is 12.0 Å². The van der Waals surface area contributed by atoms with E-state index in [0.717, 1.165) is 18.7 Å². The van der Waals surface area contributed by atoms with Gasteiger partial charge in [0.15, 0.2) is 0 Å². The predicted octanol–water partition coefficient (Wildman–Crippen LogP) is 1.05. The van der Waals surface area contributed by atoms with Crippen LogP contribution in [0.3, 0.4) is 0 Å². The summed E-state index contributed by atoms with van der Waals surface area (Å²) in [5.41, 5.74) is 0.918. The van der Waals surface area contributed by atoms with Crippen molar-refractivity contribution in [3.05, 3.63) is 35.6 Å². The monoisotopic (exact) mass is 222 g/mol. The van der Waals surface area contributed by atoms with Crippen LogP contribution in [-0.2, 0) is 11.3 Å². The minimum absolute atomic E-state index is 0.0656. The number of hydrogen-bond acceptors (Lipinski definition) is 2. The fourth-order valence-electron chi connectivity index (χ4n) is 1.63. The van der Waals surface area contributed by atoms with Gasteiger partial charge in [0.25, 0.3) is 0 Å². The lowest BCUT2D eigenvalue weighted by molar-refractivity contribution is -0.122. The number of amides is 1. The standard InChI is InChI=1S/C12H15FN2O/c13-11-3-1-9(2-4-11)8-15-12(16)5-10-6-14-7-10/h1-4,10,14H,5-8H2,(H,15,16). The summed E-state index contributed by atoms with van der Waals surface area (Å²) < 4.78 is 12.6. The highest BCUT2D eigenvalue weighted by Crippen LogP contribution is 2.08. The maximum Gasteiger partial charge on any atom is 0.220 e. The Morgan fingerprint density at radius 1 is 1.38 bits per heavy atom. The number of benzene rings is 1. The van der Waals surface area contributed by atoms with E-state index in [0.29, 0.717) is 18.9 Å². The highest BCUT2D eigenvalue weighted by Gasteiger charge is 2.19. The molecule has 0 atom stereocenters. The van der Waals surface area contributed by atoms with Crippen molar-refractivity contribution in [3.63, 3.8) is 0 Å². The zero-order valence-corrected chi connectivity index (χ0v) is 9.00. The third-order valence-corrected chi connectivity index (χ3v) is 2.74. The second kappa shape index (κ2) is 5.07. The molecule has 0 unspecified atom stereocenters. The first kappa shape index (κ1) is 11.1. The first-order valence-electron chi connectivity index (χ1n) is 5.46. The Morgan fingerprint density at radius 2 is 2.06 bits per heavy atom. The third kappa shape index (κ3) is 3.03. The molecule has 0 aromatic heterocycles. The van der Waals surface area contributed by atoms with E-state index in [1.165, 1.54) is 12.1 Å². The summed E-state index contributed by atoms with van der Waals surface area (Å²) in [4.78, 5) is 11.5. The SMILES string of the molecule is O=C(CC1CNC1)NCc1ccc(F)cc1. The molecule has 0 saturated carbocycles. The van der Waals surface area contributed by atoms with Crippen molar-refractivity contribution in [3.8, 4) is 0 Å². The molecule has 1 aliphatic heterocycles.